The van der Waals surface area contributed by atoms with Gasteiger partial charge >= 0.3 is 11.9 Å². The smallest absolute Gasteiger partial charge is 0.305 e. The lowest BCUT2D eigenvalue weighted by Crippen LogP contribution is -2.06. The molecule has 6 heteroatoms. The molecular formula is C23H24O6. The quantitative estimate of drug-likeness (QED) is 0.451. The highest BCUT2D eigenvalue weighted by molar-refractivity contribution is 5.98. The zero-order valence-electron chi connectivity index (χ0n) is 16.6. The fraction of sp³-hybridized carbons (Fsp3) is 0.304. The van der Waals surface area contributed by atoms with Crippen LogP contribution in [0.5, 0.6) is 0 Å². The van der Waals surface area contributed by atoms with Crippen LogP contribution in [-0.4, -0.2) is 37.7 Å². The molecule has 0 aliphatic heterocycles. The summed E-state index contributed by atoms with van der Waals surface area (Å²) in [4.78, 5) is 46.4. The minimum Gasteiger partial charge on any atom is -0.469 e. The summed E-state index contributed by atoms with van der Waals surface area (Å²) in [6.07, 6.45) is 1.05. The second kappa shape index (κ2) is 10.9. The molecule has 0 saturated heterocycles. The molecule has 0 N–H and O–H groups in total. The van der Waals surface area contributed by atoms with Crippen LogP contribution in [0.25, 0.3) is 0 Å². The van der Waals surface area contributed by atoms with E-state index in [0.717, 1.165) is 11.1 Å². The number of carbonyl (C=O) groups is 4. The molecular weight excluding hydrogens is 372 g/mol. The molecule has 0 atom stereocenters. The minimum atomic E-state index is -0.401. The Morgan fingerprint density at radius 2 is 0.931 bits per heavy atom. The number of ether oxygens (including phenoxy) is 2. The summed E-state index contributed by atoms with van der Waals surface area (Å²) in [6.45, 7) is 0. The maximum atomic E-state index is 12.1. The number of Topliss-reactive ketones (excluding diaryl/α,β-unsaturated/α-hetero) is 2. The number of benzene rings is 2. The Labute approximate surface area is 169 Å². The molecule has 2 aromatic carbocycles. The van der Waals surface area contributed by atoms with E-state index in [1.165, 1.54) is 14.2 Å². The first-order valence-corrected chi connectivity index (χ1v) is 9.31. The molecule has 0 radical (unpaired) electrons. The maximum Gasteiger partial charge on any atom is 0.305 e. The molecule has 6 nitrogen and oxygen atoms in total. The van der Waals surface area contributed by atoms with Gasteiger partial charge in [-0.25, -0.2) is 0 Å². The number of methoxy groups -OCH3 is 2. The summed E-state index contributed by atoms with van der Waals surface area (Å²) < 4.78 is 9.08. The Morgan fingerprint density at radius 1 is 0.586 bits per heavy atom. The van der Waals surface area contributed by atoms with Gasteiger partial charge in [-0.1, -0.05) is 48.5 Å². The molecule has 29 heavy (non-hydrogen) atoms. The van der Waals surface area contributed by atoms with Crippen LogP contribution in [0.3, 0.4) is 0 Å². The summed E-state index contributed by atoms with van der Waals surface area (Å²) in [5.41, 5.74) is 3.17. The number of esters is 2. The van der Waals surface area contributed by atoms with E-state index in [-0.39, 0.29) is 37.2 Å². The number of carbonyl (C=O) groups excluding carboxylic acids is 4. The second-order valence-corrected chi connectivity index (χ2v) is 6.57. The van der Waals surface area contributed by atoms with Gasteiger partial charge in [-0.15, -0.1) is 0 Å². The van der Waals surface area contributed by atoms with Crippen LogP contribution < -0.4 is 0 Å². The van der Waals surface area contributed by atoms with Crippen molar-refractivity contribution in [3.05, 3.63) is 70.8 Å². The Kier molecular flexibility index (Phi) is 8.27. The van der Waals surface area contributed by atoms with Gasteiger partial charge < -0.3 is 9.47 Å². The fourth-order valence-corrected chi connectivity index (χ4v) is 2.78. The second-order valence-electron chi connectivity index (χ2n) is 6.57. The molecule has 152 valence electrons. The van der Waals surface area contributed by atoms with Crippen molar-refractivity contribution in [1.29, 1.82) is 0 Å². The van der Waals surface area contributed by atoms with E-state index >= 15 is 0 Å². The Morgan fingerprint density at radius 3 is 1.24 bits per heavy atom. The van der Waals surface area contributed by atoms with Crippen LogP contribution in [0.2, 0.25) is 0 Å². The van der Waals surface area contributed by atoms with Crippen molar-refractivity contribution in [2.24, 2.45) is 0 Å². The summed E-state index contributed by atoms with van der Waals surface area (Å²) >= 11 is 0. The largest absolute Gasteiger partial charge is 0.469 e. The van der Waals surface area contributed by atoms with Crippen LogP contribution in [0.1, 0.15) is 57.5 Å². The monoisotopic (exact) mass is 396 g/mol. The van der Waals surface area contributed by atoms with Crippen LogP contribution in [0.15, 0.2) is 48.5 Å². The van der Waals surface area contributed by atoms with E-state index in [9.17, 15) is 19.2 Å². The molecule has 0 spiro atoms. The first-order valence-electron chi connectivity index (χ1n) is 9.31. The number of ketones is 2. The van der Waals surface area contributed by atoms with Gasteiger partial charge in [0.1, 0.15) is 0 Å². The first-order chi connectivity index (χ1) is 13.9. The maximum absolute atomic E-state index is 12.1. The molecule has 0 aliphatic carbocycles. The standard InChI is InChI=1S/C23H24O6/c1-28-22(26)13-11-20(24)18-7-3-16(4-8-18)15-17-5-9-19(10-6-17)21(25)12-14-23(27)29-2/h3-10H,11-15H2,1-2H3. The van der Waals surface area contributed by atoms with Crippen molar-refractivity contribution in [1.82, 2.24) is 0 Å². The van der Waals surface area contributed by atoms with Gasteiger partial charge in [0, 0.05) is 24.0 Å². The van der Waals surface area contributed by atoms with Crippen LogP contribution in [-0.2, 0) is 25.5 Å². The van der Waals surface area contributed by atoms with Gasteiger partial charge in [0.25, 0.3) is 0 Å². The van der Waals surface area contributed by atoms with Crippen molar-refractivity contribution >= 4 is 23.5 Å². The normalized spacial score (nSPS) is 10.3. The van der Waals surface area contributed by atoms with Gasteiger partial charge in [0.05, 0.1) is 27.1 Å². The minimum absolute atomic E-state index is 0.0712. The molecule has 0 fully saturated rings. The van der Waals surface area contributed by atoms with Crippen LogP contribution in [0.4, 0.5) is 0 Å². The van der Waals surface area contributed by atoms with Crippen molar-refractivity contribution in [2.75, 3.05) is 14.2 Å². The third-order valence-corrected chi connectivity index (χ3v) is 4.53. The fourth-order valence-electron chi connectivity index (χ4n) is 2.78. The van der Waals surface area contributed by atoms with Gasteiger partial charge in [0.15, 0.2) is 11.6 Å². The van der Waals surface area contributed by atoms with E-state index in [0.29, 0.717) is 17.5 Å². The van der Waals surface area contributed by atoms with Crippen LogP contribution in [0, 0.1) is 0 Å². The molecule has 0 aliphatic rings. The summed E-state index contributed by atoms with van der Waals surface area (Å²) in [5, 5.41) is 0. The molecule has 0 aromatic heterocycles. The molecule has 0 amide bonds. The van der Waals surface area contributed by atoms with Crippen molar-refractivity contribution < 1.29 is 28.7 Å². The molecule has 0 heterocycles. The molecule has 0 bridgehead atoms. The number of hydrogen-bond acceptors (Lipinski definition) is 6. The van der Waals surface area contributed by atoms with Crippen molar-refractivity contribution in [2.45, 2.75) is 32.1 Å². The predicted octanol–water partition coefficient (Wildman–Crippen LogP) is 3.55. The molecule has 2 rings (SSSR count). The lowest BCUT2D eigenvalue weighted by atomic mass is 9.99. The Balaban J connectivity index is 1.91. The highest BCUT2D eigenvalue weighted by atomic mass is 16.5. The van der Waals surface area contributed by atoms with Gasteiger partial charge in [-0.05, 0) is 17.5 Å². The zero-order chi connectivity index (χ0) is 21.2. The average molecular weight is 396 g/mol. The van der Waals surface area contributed by atoms with E-state index in [1.54, 1.807) is 24.3 Å². The molecule has 0 saturated carbocycles. The van der Waals surface area contributed by atoms with E-state index in [1.807, 2.05) is 24.3 Å². The van der Waals surface area contributed by atoms with E-state index in [2.05, 4.69) is 9.47 Å². The van der Waals surface area contributed by atoms with Crippen molar-refractivity contribution in [3.63, 3.8) is 0 Å². The predicted molar refractivity (Wildman–Crippen MR) is 107 cm³/mol. The van der Waals surface area contributed by atoms with Crippen LogP contribution >= 0.6 is 0 Å². The topological polar surface area (TPSA) is 86.7 Å². The molecule has 2 aromatic rings. The molecule has 0 unspecified atom stereocenters. The zero-order valence-corrected chi connectivity index (χ0v) is 16.6. The highest BCUT2D eigenvalue weighted by Crippen LogP contribution is 2.15. The lowest BCUT2D eigenvalue weighted by molar-refractivity contribution is -0.141. The average Bonchev–Trinajstić information content (AvgIpc) is 2.76. The van der Waals surface area contributed by atoms with Gasteiger partial charge in [-0.2, -0.15) is 0 Å². The Hall–Kier alpha value is -3.28. The highest BCUT2D eigenvalue weighted by Gasteiger charge is 2.11. The van der Waals surface area contributed by atoms with Crippen molar-refractivity contribution in [3.8, 4) is 0 Å². The number of hydrogen-bond donors (Lipinski definition) is 0. The Bertz CT molecular complexity index is 792. The summed E-state index contributed by atoms with van der Waals surface area (Å²) in [5.74, 6) is -1.00. The van der Waals surface area contributed by atoms with E-state index in [4.69, 9.17) is 0 Å². The van der Waals surface area contributed by atoms with E-state index < -0.39 is 11.9 Å². The first kappa shape index (κ1) is 22.0. The number of rotatable bonds is 10. The third-order valence-electron chi connectivity index (χ3n) is 4.53. The summed E-state index contributed by atoms with van der Waals surface area (Å²) in [6, 6.07) is 14.5. The van der Waals surface area contributed by atoms with Gasteiger partial charge in [-0.3, -0.25) is 19.2 Å². The SMILES string of the molecule is COC(=O)CCC(=O)c1ccc(Cc2ccc(C(=O)CCC(=O)OC)cc2)cc1. The van der Waals surface area contributed by atoms with Gasteiger partial charge in [0.2, 0.25) is 0 Å². The summed E-state index contributed by atoms with van der Waals surface area (Å²) in [7, 11) is 2.60. The lowest BCUT2D eigenvalue weighted by Gasteiger charge is -2.06. The third kappa shape index (κ3) is 6.99.